The molecule has 1 aliphatic heterocycles. The Kier molecular flexibility index (Phi) is 6.52. The lowest BCUT2D eigenvalue weighted by molar-refractivity contribution is -0.124. The Morgan fingerprint density at radius 2 is 1.93 bits per heavy atom. The fraction of sp³-hybridized carbons (Fsp3) is 0.429. The van der Waals surface area contributed by atoms with Crippen molar-refractivity contribution in [2.24, 2.45) is 5.92 Å². The summed E-state index contributed by atoms with van der Waals surface area (Å²) in [7, 11) is 0. The summed E-state index contributed by atoms with van der Waals surface area (Å²) in [6.07, 6.45) is 6.08. The molecule has 2 aromatic rings. The number of nitrogens with one attached hydrogen (secondary N) is 1. The molecule has 142 valence electrons. The minimum absolute atomic E-state index is 0.0756. The third-order valence-corrected chi connectivity index (χ3v) is 4.90. The molecule has 1 N–H and O–H groups in total. The summed E-state index contributed by atoms with van der Waals surface area (Å²) in [5.41, 5.74) is 1.64. The van der Waals surface area contributed by atoms with Crippen molar-refractivity contribution in [3.05, 3.63) is 53.9 Å². The summed E-state index contributed by atoms with van der Waals surface area (Å²) in [5, 5.41) is 3.01. The molecule has 0 spiro atoms. The zero-order chi connectivity index (χ0) is 19.1. The second kappa shape index (κ2) is 9.26. The number of carbonyl (C=O) groups is 2. The van der Waals surface area contributed by atoms with Crippen molar-refractivity contribution in [1.29, 1.82) is 0 Å². The summed E-state index contributed by atoms with van der Waals surface area (Å²) in [5.74, 6) is 0.587. The lowest BCUT2D eigenvalue weighted by Gasteiger charge is -2.32. The van der Waals surface area contributed by atoms with Crippen molar-refractivity contribution in [2.45, 2.75) is 32.6 Å². The number of Topliss-reactive ketones (excluding diaryl/α,β-unsaturated/α-hetero) is 1. The first-order valence-corrected chi connectivity index (χ1v) is 9.59. The zero-order valence-corrected chi connectivity index (χ0v) is 15.7. The normalized spacial score (nSPS) is 16.8. The van der Waals surface area contributed by atoms with Crippen LogP contribution in [-0.2, 0) is 11.2 Å². The van der Waals surface area contributed by atoms with Crippen molar-refractivity contribution < 1.29 is 9.59 Å². The van der Waals surface area contributed by atoms with Crippen LogP contribution in [0.1, 0.15) is 42.1 Å². The number of rotatable bonds is 7. The maximum Gasteiger partial charge on any atom is 0.257 e. The quantitative estimate of drug-likeness (QED) is 0.815. The standard InChI is InChI=1S/C21H26N4O2/c1-2-22-21-23-13-18(14-24-21)20(27)25-12-6-9-17(15-25)19(26)11-10-16-7-4-3-5-8-16/h3-5,7-8,13-14,17H,2,6,9-12,15H2,1H3,(H,22,23,24)/t17-/m1/s1. The van der Waals surface area contributed by atoms with Crippen molar-refractivity contribution in [2.75, 3.05) is 25.0 Å². The van der Waals surface area contributed by atoms with Gasteiger partial charge < -0.3 is 10.2 Å². The molecule has 1 aromatic carbocycles. The van der Waals surface area contributed by atoms with E-state index in [1.807, 2.05) is 37.3 Å². The molecule has 0 unspecified atom stereocenters. The first-order valence-electron chi connectivity index (χ1n) is 9.59. The number of nitrogens with zero attached hydrogens (tertiary/aromatic N) is 3. The second-order valence-electron chi connectivity index (χ2n) is 6.87. The highest BCUT2D eigenvalue weighted by atomic mass is 16.2. The van der Waals surface area contributed by atoms with Crippen molar-refractivity contribution in [1.82, 2.24) is 14.9 Å². The number of amides is 1. The number of benzene rings is 1. The second-order valence-corrected chi connectivity index (χ2v) is 6.87. The SMILES string of the molecule is CCNc1ncc(C(=O)N2CCC[C@@H](C(=O)CCc3ccccc3)C2)cn1. The predicted octanol–water partition coefficient (Wildman–Crippen LogP) is 2.96. The Labute approximate surface area is 160 Å². The maximum absolute atomic E-state index is 12.7. The van der Waals surface area contributed by atoms with Gasteiger partial charge in [0, 0.05) is 44.4 Å². The number of likely N-dealkylation sites (tertiary alicyclic amines) is 1. The summed E-state index contributed by atoms with van der Waals surface area (Å²) < 4.78 is 0. The minimum Gasteiger partial charge on any atom is -0.355 e. The third-order valence-electron chi connectivity index (χ3n) is 4.90. The van der Waals surface area contributed by atoms with E-state index in [2.05, 4.69) is 15.3 Å². The summed E-state index contributed by atoms with van der Waals surface area (Å²) in [6, 6.07) is 10.0. The fourth-order valence-corrected chi connectivity index (χ4v) is 3.41. The Hall–Kier alpha value is -2.76. The molecule has 0 radical (unpaired) electrons. The van der Waals surface area contributed by atoms with Gasteiger partial charge in [-0.15, -0.1) is 0 Å². The highest BCUT2D eigenvalue weighted by Crippen LogP contribution is 2.21. The van der Waals surface area contributed by atoms with Gasteiger partial charge in [-0.25, -0.2) is 9.97 Å². The number of anilines is 1. The van der Waals surface area contributed by atoms with Crippen molar-refractivity contribution in [3.8, 4) is 0 Å². The summed E-state index contributed by atoms with van der Waals surface area (Å²) >= 11 is 0. The topological polar surface area (TPSA) is 75.2 Å². The van der Waals surface area contributed by atoms with Gasteiger partial charge in [0.15, 0.2) is 0 Å². The van der Waals surface area contributed by atoms with E-state index in [9.17, 15) is 9.59 Å². The molecular formula is C21H26N4O2. The minimum atomic E-state index is -0.0985. The number of aromatic nitrogens is 2. The molecule has 1 atom stereocenters. The van der Waals surface area contributed by atoms with E-state index < -0.39 is 0 Å². The summed E-state index contributed by atoms with van der Waals surface area (Å²) in [6.45, 7) is 3.86. The van der Waals surface area contributed by atoms with E-state index in [1.54, 1.807) is 17.3 Å². The lowest BCUT2D eigenvalue weighted by Crippen LogP contribution is -2.42. The van der Waals surface area contributed by atoms with Crippen LogP contribution < -0.4 is 5.32 Å². The molecule has 0 aliphatic carbocycles. The van der Waals surface area contributed by atoms with Gasteiger partial charge in [0.1, 0.15) is 5.78 Å². The Balaban J connectivity index is 1.56. The molecule has 27 heavy (non-hydrogen) atoms. The van der Waals surface area contributed by atoms with Crippen LogP contribution in [0.4, 0.5) is 5.95 Å². The number of piperidine rings is 1. The number of ketones is 1. The first-order chi connectivity index (χ1) is 13.2. The van der Waals surface area contributed by atoms with E-state index in [0.29, 0.717) is 31.0 Å². The number of hydrogen-bond donors (Lipinski definition) is 1. The largest absolute Gasteiger partial charge is 0.355 e. The molecule has 0 saturated carbocycles. The monoisotopic (exact) mass is 366 g/mol. The molecule has 1 aliphatic rings. The van der Waals surface area contributed by atoms with Crippen LogP contribution in [0.25, 0.3) is 0 Å². The zero-order valence-electron chi connectivity index (χ0n) is 15.7. The molecule has 6 nitrogen and oxygen atoms in total. The van der Waals surface area contributed by atoms with Crippen LogP contribution in [0.3, 0.4) is 0 Å². The highest BCUT2D eigenvalue weighted by molar-refractivity contribution is 5.94. The van der Waals surface area contributed by atoms with Gasteiger partial charge in [0.05, 0.1) is 5.56 Å². The molecule has 1 aromatic heterocycles. The van der Waals surface area contributed by atoms with Gasteiger partial charge in [-0.05, 0) is 31.7 Å². The van der Waals surface area contributed by atoms with Crippen LogP contribution >= 0.6 is 0 Å². The van der Waals surface area contributed by atoms with Crippen LogP contribution in [0.2, 0.25) is 0 Å². The average Bonchev–Trinajstić information content (AvgIpc) is 2.73. The van der Waals surface area contributed by atoms with E-state index in [4.69, 9.17) is 0 Å². The van der Waals surface area contributed by atoms with Crippen LogP contribution in [-0.4, -0.2) is 46.2 Å². The van der Waals surface area contributed by atoms with Gasteiger partial charge in [0.2, 0.25) is 5.95 Å². The lowest BCUT2D eigenvalue weighted by atomic mass is 9.90. The third kappa shape index (κ3) is 5.12. The first kappa shape index (κ1) is 19.0. The number of carbonyl (C=O) groups excluding carboxylic acids is 2. The molecule has 6 heteroatoms. The number of aryl methyl sites for hydroxylation is 1. The Morgan fingerprint density at radius 1 is 1.19 bits per heavy atom. The average molecular weight is 366 g/mol. The molecule has 0 bridgehead atoms. The highest BCUT2D eigenvalue weighted by Gasteiger charge is 2.28. The van der Waals surface area contributed by atoms with Crippen molar-refractivity contribution >= 4 is 17.6 Å². The van der Waals surface area contributed by atoms with E-state index in [-0.39, 0.29) is 17.6 Å². The smallest absolute Gasteiger partial charge is 0.257 e. The fourth-order valence-electron chi connectivity index (χ4n) is 3.41. The van der Waals surface area contributed by atoms with Crippen LogP contribution in [0, 0.1) is 5.92 Å². The Bertz CT molecular complexity index is 762. The van der Waals surface area contributed by atoms with Gasteiger partial charge in [-0.3, -0.25) is 9.59 Å². The summed E-state index contributed by atoms with van der Waals surface area (Å²) in [4.78, 5) is 35.4. The molecule has 3 rings (SSSR count). The van der Waals surface area contributed by atoms with E-state index in [0.717, 1.165) is 25.8 Å². The molecule has 1 amide bonds. The number of hydrogen-bond acceptors (Lipinski definition) is 5. The van der Waals surface area contributed by atoms with E-state index in [1.165, 1.54) is 5.56 Å². The van der Waals surface area contributed by atoms with Gasteiger partial charge in [0.25, 0.3) is 5.91 Å². The van der Waals surface area contributed by atoms with Gasteiger partial charge in [-0.2, -0.15) is 0 Å². The molecule has 1 fully saturated rings. The maximum atomic E-state index is 12.7. The van der Waals surface area contributed by atoms with Gasteiger partial charge in [-0.1, -0.05) is 30.3 Å². The van der Waals surface area contributed by atoms with Crippen LogP contribution in [0.15, 0.2) is 42.7 Å². The molecular weight excluding hydrogens is 340 g/mol. The predicted molar refractivity (Wildman–Crippen MR) is 105 cm³/mol. The Morgan fingerprint density at radius 3 is 2.63 bits per heavy atom. The molecule has 1 saturated heterocycles. The van der Waals surface area contributed by atoms with Crippen LogP contribution in [0.5, 0.6) is 0 Å². The van der Waals surface area contributed by atoms with E-state index >= 15 is 0 Å². The van der Waals surface area contributed by atoms with Crippen molar-refractivity contribution in [3.63, 3.8) is 0 Å². The molecule has 2 heterocycles. The van der Waals surface area contributed by atoms with Gasteiger partial charge >= 0.3 is 0 Å².